The van der Waals surface area contributed by atoms with Gasteiger partial charge in [0.15, 0.2) is 12.9 Å². The maximum absolute atomic E-state index is 13.6. The molecule has 11 atom stereocenters. The average Bonchev–Trinajstić information content (AvgIpc) is 1.14. The Balaban J connectivity index is 0.00000165. The fourth-order valence-electron chi connectivity index (χ4n) is 26.8. The normalized spacial score (nSPS) is 34.2. The molecule has 2 saturated heterocycles. The molecule has 21 fully saturated rings. The summed E-state index contributed by atoms with van der Waals surface area (Å²) in [4.78, 5) is 121. The number of aliphatic hydroxyl groups is 1. The van der Waals surface area contributed by atoms with E-state index < -0.39 is 63.0 Å². The molecule has 19 saturated carbocycles. The third-order valence-corrected chi connectivity index (χ3v) is 36.0. The largest absolute Gasteiger partial charge is 0.463 e. The molecule has 11 unspecified atom stereocenters. The van der Waals surface area contributed by atoms with Crippen LogP contribution in [0.15, 0.2) is 0 Å². The smallest absolute Gasteiger partial charge is 0.347 e. The fourth-order valence-corrected chi connectivity index (χ4v) is 26.8. The molecule has 810 valence electrons. The highest BCUT2D eigenvalue weighted by Crippen LogP contribution is 2.66. The van der Waals surface area contributed by atoms with E-state index in [1.165, 1.54) is 96.3 Å². The van der Waals surface area contributed by atoms with Gasteiger partial charge in [0.2, 0.25) is 6.10 Å². The summed E-state index contributed by atoms with van der Waals surface area (Å²) in [6, 6.07) is 0. The quantitative estimate of drug-likeness (QED) is 0.0454. The van der Waals surface area contributed by atoms with E-state index in [0.717, 1.165) is 158 Å². The van der Waals surface area contributed by atoms with E-state index in [9.17, 15) is 53.1 Å². The first-order chi connectivity index (χ1) is 59.0. The molecule has 0 radical (unpaired) electrons. The molecule has 22 heteroatoms. The number of carbonyl (C=O) groups excluding carboxylic acids is 10. The van der Waals surface area contributed by atoms with Crippen molar-refractivity contribution in [3.05, 3.63) is 0 Å². The lowest BCUT2D eigenvalue weighted by molar-refractivity contribution is -0.225. The number of hydrogen-bond acceptors (Lipinski definition) is 22. The maximum Gasteiger partial charge on any atom is 0.347 e. The SMILES string of the molecule is C.C.C.C.C.C.C.C.C.C.C.C.CCC(C)(C)C(=O)OC1(CC)C2CC3CC(C2)CC1C3.CCC(C)(C)C(=O)OC12CC3CC(CC(O)(C3)C1)C2.CCC(C)(C)C(=O)OC1C2CC3CC1CC(C(=O)OC(C)OCC14CC5CC(CC(C5)C1)C4)(C3)C2.CCC(C)(C)C(=O)OC1CCOC1=O.CCC(C)(C)C(=O)OCC(=O)OC1C2CC3C(=O)OC1C3C2.CCC1(OC(=O)C(C)(C)CC)CCCCC1. The van der Waals surface area contributed by atoms with Gasteiger partial charge in [-0.25, -0.2) is 9.59 Å². The maximum atomic E-state index is 13.6. The predicted octanol–water partition coefficient (Wildman–Crippen LogP) is 28.4. The minimum absolute atomic E-state index is 0. The summed E-state index contributed by atoms with van der Waals surface area (Å²) in [6.45, 7) is 41.9. The van der Waals surface area contributed by atoms with Crippen LogP contribution in [0, 0.1) is 132 Å². The van der Waals surface area contributed by atoms with E-state index >= 15 is 0 Å². The molecule has 0 aromatic heterocycles. The highest BCUT2D eigenvalue weighted by molar-refractivity contribution is 5.84. The van der Waals surface area contributed by atoms with Crippen LogP contribution in [0.5, 0.6) is 0 Å². The Hall–Kier alpha value is -5.38. The van der Waals surface area contributed by atoms with Crippen molar-refractivity contribution in [1.82, 2.24) is 0 Å². The summed E-state index contributed by atoms with van der Waals surface area (Å²) < 4.78 is 62.1. The Kier molecular flexibility index (Phi) is 49.6. The van der Waals surface area contributed by atoms with Gasteiger partial charge < -0.3 is 57.2 Å². The average molecular weight is 1960 g/mol. The summed E-state index contributed by atoms with van der Waals surface area (Å²) in [5.41, 5.74) is -3.93. The van der Waals surface area contributed by atoms with Gasteiger partial charge in [-0.05, 0) is 391 Å². The molecule has 1 N–H and O–H groups in total. The molecule has 21 rings (SSSR count). The zero-order valence-electron chi connectivity index (χ0n) is 81.6. The summed E-state index contributed by atoms with van der Waals surface area (Å²) in [6.07, 6.45) is 37.8. The molecule has 2 aliphatic heterocycles. The number of esters is 10. The van der Waals surface area contributed by atoms with Crippen molar-refractivity contribution in [2.45, 2.75) is 532 Å². The van der Waals surface area contributed by atoms with Crippen LogP contribution in [0.4, 0.5) is 0 Å². The van der Waals surface area contributed by atoms with E-state index in [2.05, 4.69) is 20.8 Å². The lowest BCUT2D eigenvalue weighted by atomic mass is 9.48. The van der Waals surface area contributed by atoms with Crippen LogP contribution >= 0.6 is 0 Å². The van der Waals surface area contributed by atoms with Gasteiger partial charge in [-0.15, -0.1) is 0 Å². The highest BCUT2D eigenvalue weighted by Gasteiger charge is 2.66. The second-order valence-electron chi connectivity index (χ2n) is 47.8. The van der Waals surface area contributed by atoms with Gasteiger partial charge in [0.05, 0.1) is 62.6 Å². The molecule has 2 heterocycles. The Morgan fingerprint density at radius 1 is 0.420 bits per heavy atom. The van der Waals surface area contributed by atoms with Gasteiger partial charge in [-0.3, -0.25) is 38.4 Å². The molecule has 138 heavy (non-hydrogen) atoms. The van der Waals surface area contributed by atoms with Crippen LogP contribution in [0.1, 0.15) is 479 Å². The molecule has 18 bridgehead atoms. The summed E-state index contributed by atoms with van der Waals surface area (Å²) >= 11 is 0. The van der Waals surface area contributed by atoms with Gasteiger partial charge in [-0.2, -0.15) is 0 Å². The minimum atomic E-state index is -0.687. The molecular weight excluding hydrogens is 1750 g/mol. The molecule has 21 aliphatic rings. The molecule has 0 aromatic rings. The van der Waals surface area contributed by atoms with E-state index in [1.54, 1.807) is 27.7 Å². The lowest BCUT2D eigenvalue weighted by Crippen LogP contribution is -2.61. The Morgan fingerprint density at radius 2 is 0.848 bits per heavy atom. The van der Waals surface area contributed by atoms with Crippen LogP contribution in [-0.2, 0) is 100 Å². The lowest BCUT2D eigenvalue weighted by Gasteiger charge is -2.60. The van der Waals surface area contributed by atoms with Crippen molar-refractivity contribution >= 4 is 59.7 Å². The van der Waals surface area contributed by atoms with Crippen molar-refractivity contribution in [3.8, 4) is 0 Å². The number of rotatable bonds is 27. The first-order valence-electron chi connectivity index (χ1n) is 50.4. The number of fused-ring (bicyclic) bond motifs is 1. The van der Waals surface area contributed by atoms with Crippen molar-refractivity contribution < 1.29 is 105 Å². The van der Waals surface area contributed by atoms with Crippen molar-refractivity contribution in [3.63, 3.8) is 0 Å². The first kappa shape index (κ1) is 133. The second kappa shape index (κ2) is 51.6. The summed E-state index contributed by atoms with van der Waals surface area (Å²) in [7, 11) is 0. The van der Waals surface area contributed by atoms with Crippen molar-refractivity contribution in [2.75, 3.05) is 19.8 Å². The Labute approximate surface area is 843 Å². The van der Waals surface area contributed by atoms with Gasteiger partial charge in [0, 0.05) is 24.7 Å². The first-order valence-corrected chi connectivity index (χ1v) is 50.4. The van der Waals surface area contributed by atoms with Crippen LogP contribution in [-0.4, -0.2) is 138 Å². The van der Waals surface area contributed by atoms with Gasteiger partial charge in [0.25, 0.3) is 0 Å². The highest BCUT2D eigenvalue weighted by atomic mass is 16.7. The predicted molar refractivity (Wildman–Crippen MR) is 556 cm³/mol. The number of hydrogen-bond donors (Lipinski definition) is 1. The van der Waals surface area contributed by atoms with Crippen molar-refractivity contribution in [1.29, 1.82) is 0 Å². The van der Waals surface area contributed by atoms with Crippen LogP contribution in [0.25, 0.3) is 0 Å². The molecule has 0 spiro atoms. The topological polar surface area (TPSA) is 292 Å². The fraction of sp³-hybridized carbons (Fsp3) is 0.914. The summed E-state index contributed by atoms with van der Waals surface area (Å²) in [5.74, 6) is 6.36. The second-order valence-corrected chi connectivity index (χ2v) is 47.8. The van der Waals surface area contributed by atoms with Gasteiger partial charge in [0.1, 0.15) is 35.1 Å². The van der Waals surface area contributed by atoms with E-state index in [4.69, 9.17) is 52.1 Å². The zero-order chi connectivity index (χ0) is 92.1. The zero-order valence-corrected chi connectivity index (χ0v) is 81.6. The molecule has 0 amide bonds. The summed E-state index contributed by atoms with van der Waals surface area (Å²) in [5, 5.41) is 10.6. The number of cyclic esters (lactones) is 1. The molecule has 22 nitrogen and oxygen atoms in total. The van der Waals surface area contributed by atoms with Crippen LogP contribution < -0.4 is 0 Å². The third-order valence-electron chi connectivity index (χ3n) is 36.0. The third kappa shape index (κ3) is 29.1. The number of ether oxygens (including phenoxy) is 11. The van der Waals surface area contributed by atoms with E-state index in [0.29, 0.717) is 67.3 Å². The van der Waals surface area contributed by atoms with Crippen LogP contribution in [0.3, 0.4) is 0 Å². The minimum Gasteiger partial charge on any atom is -0.463 e. The van der Waals surface area contributed by atoms with Gasteiger partial charge in [-0.1, -0.05) is 151 Å². The Bertz CT molecular complexity index is 3780. The van der Waals surface area contributed by atoms with Gasteiger partial charge >= 0.3 is 59.7 Å². The van der Waals surface area contributed by atoms with Crippen LogP contribution in [0.2, 0.25) is 0 Å². The Morgan fingerprint density at radius 3 is 1.29 bits per heavy atom. The molecule has 0 aromatic carbocycles. The number of carbonyl (C=O) groups is 10. The van der Waals surface area contributed by atoms with E-state index in [-0.39, 0.29) is 213 Å². The van der Waals surface area contributed by atoms with Crippen molar-refractivity contribution in [2.24, 2.45) is 132 Å². The van der Waals surface area contributed by atoms with E-state index in [1.807, 2.05) is 96.9 Å². The molecular formula is C116H214O22. The standard InChI is InChI=1S/C30H46O5.C18H30O2.C16H22O6.C16H26O3.C14H26O2.C10H16O4.12CH4/c1-5-28(3,4)26(31)35-25-23-9-22-10-24(25)16-30(14-22,15-23)27(32)34-18(2)33-17-29-11-19-6-20(12-29)8-21(7-19)13-29;1-5-17(3,4)16(19)20-18(6-2)14-8-12-7-13(10-14)11-15(18)9-12;1-4-16(2,3)15(19)20-7-11(17)21-12-8-5-9-10(6-8)14(18)22-13(9)12;1-4-14(2,3)13(17)19-16-8-11-5-12(9-16)7-15(18,6-11)10-16;1-5-13(3,4)12(15)16-14(6-2)10-8-7-9-11-14;1-4-10(2,3)9(12)14-7-5-6-13-8(7)11;;;;;;;;;;;;/h18-25H,5-17H2,1-4H3;12-15H,5-11H2,1-4H3;8-10,12-13H,4-7H2,1-3H3;11-12,18H,4-10H2,1-3H3;5-11H2,1-4H3;7H,4-6H2,1-3H3;12*1H4. The monoisotopic (exact) mass is 1960 g/mol. The molecule has 19 aliphatic carbocycles.